The van der Waals surface area contributed by atoms with E-state index in [9.17, 15) is 4.79 Å². The van der Waals surface area contributed by atoms with Gasteiger partial charge in [0.05, 0.1) is 0 Å². The van der Waals surface area contributed by atoms with Crippen molar-refractivity contribution in [2.75, 3.05) is 10.6 Å². The lowest BCUT2D eigenvalue weighted by atomic mass is 10.1. The minimum atomic E-state index is -0.193. The Kier molecular flexibility index (Phi) is 3.42. The molecule has 3 rings (SSSR count). The average Bonchev–Trinajstić information content (AvgIpc) is 3.26. The Morgan fingerprint density at radius 1 is 1.00 bits per heavy atom. The van der Waals surface area contributed by atoms with Gasteiger partial charge in [-0.1, -0.05) is 35.9 Å². The third-order valence-electron chi connectivity index (χ3n) is 3.54. The highest BCUT2D eigenvalue weighted by Crippen LogP contribution is 2.43. The van der Waals surface area contributed by atoms with E-state index in [2.05, 4.69) is 16.7 Å². The van der Waals surface area contributed by atoms with Gasteiger partial charge in [0.1, 0.15) is 0 Å². The fraction of sp³-hybridized carbons (Fsp3) is 0.235. The van der Waals surface area contributed by atoms with Gasteiger partial charge in [0.2, 0.25) is 0 Å². The molecule has 3 heteroatoms. The number of aryl methyl sites for hydroxylation is 1. The zero-order valence-electron chi connectivity index (χ0n) is 11.5. The summed E-state index contributed by atoms with van der Waals surface area (Å²) in [4.78, 5) is 12.0. The number of para-hydroxylation sites is 1. The highest BCUT2D eigenvalue weighted by Gasteiger charge is 2.26. The van der Waals surface area contributed by atoms with Crippen LogP contribution < -0.4 is 10.6 Å². The van der Waals surface area contributed by atoms with Crippen molar-refractivity contribution in [2.24, 2.45) is 0 Å². The maximum absolute atomic E-state index is 12.0. The molecule has 1 saturated carbocycles. The monoisotopic (exact) mass is 266 g/mol. The second-order valence-corrected chi connectivity index (χ2v) is 5.31. The fourth-order valence-corrected chi connectivity index (χ4v) is 2.28. The van der Waals surface area contributed by atoms with Crippen molar-refractivity contribution < 1.29 is 4.79 Å². The van der Waals surface area contributed by atoms with Crippen molar-refractivity contribution in [2.45, 2.75) is 25.7 Å². The molecule has 2 aromatic rings. The molecule has 0 spiro atoms. The SMILES string of the molecule is Cc1ccc(NC(=O)Nc2ccccc2C2CC2)cc1. The Labute approximate surface area is 119 Å². The molecule has 0 saturated heterocycles. The Morgan fingerprint density at radius 2 is 1.70 bits per heavy atom. The van der Waals surface area contributed by atoms with Crippen LogP contribution in [0.3, 0.4) is 0 Å². The van der Waals surface area contributed by atoms with Crippen molar-refractivity contribution in [3.05, 3.63) is 59.7 Å². The number of nitrogens with one attached hydrogen (secondary N) is 2. The maximum atomic E-state index is 12.0. The maximum Gasteiger partial charge on any atom is 0.323 e. The van der Waals surface area contributed by atoms with Crippen molar-refractivity contribution in [3.8, 4) is 0 Å². The number of carbonyl (C=O) groups excluding carboxylic acids is 1. The van der Waals surface area contributed by atoms with Crippen LogP contribution in [-0.2, 0) is 0 Å². The quantitative estimate of drug-likeness (QED) is 0.842. The van der Waals surface area contributed by atoms with Gasteiger partial charge in [-0.2, -0.15) is 0 Å². The van der Waals surface area contributed by atoms with E-state index >= 15 is 0 Å². The minimum Gasteiger partial charge on any atom is -0.308 e. The van der Waals surface area contributed by atoms with E-state index in [1.807, 2.05) is 49.4 Å². The summed E-state index contributed by atoms with van der Waals surface area (Å²) in [5, 5.41) is 5.80. The predicted molar refractivity (Wildman–Crippen MR) is 82.2 cm³/mol. The van der Waals surface area contributed by atoms with E-state index in [-0.39, 0.29) is 6.03 Å². The zero-order chi connectivity index (χ0) is 13.9. The van der Waals surface area contributed by atoms with Crippen molar-refractivity contribution in [1.82, 2.24) is 0 Å². The number of anilines is 2. The van der Waals surface area contributed by atoms with E-state index < -0.39 is 0 Å². The fourth-order valence-electron chi connectivity index (χ4n) is 2.28. The van der Waals surface area contributed by atoms with Gasteiger partial charge in [0, 0.05) is 11.4 Å². The van der Waals surface area contributed by atoms with Gasteiger partial charge in [-0.3, -0.25) is 0 Å². The van der Waals surface area contributed by atoms with Crippen LogP contribution in [0.1, 0.15) is 29.9 Å². The van der Waals surface area contributed by atoms with E-state index in [1.54, 1.807) is 0 Å². The molecular weight excluding hydrogens is 248 g/mol. The number of carbonyl (C=O) groups is 1. The van der Waals surface area contributed by atoms with E-state index in [4.69, 9.17) is 0 Å². The van der Waals surface area contributed by atoms with Gasteiger partial charge in [-0.05, 0) is 49.4 Å². The summed E-state index contributed by atoms with van der Waals surface area (Å²) in [5.41, 5.74) is 4.14. The van der Waals surface area contributed by atoms with Gasteiger partial charge in [0.25, 0.3) is 0 Å². The van der Waals surface area contributed by atoms with Crippen LogP contribution in [0, 0.1) is 6.92 Å². The summed E-state index contributed by atoms with van der Waals surface area (Å²) in [5.74, 6) is 0.617. The number of amides is 2. The molecule has 2 amide bonds. The molecule has 2 aromatic carbocycles. The van der Waals surface area contributed by atoms with Gasteiger partial charge in [-0.25, -0.2) is 4.79 Å². The van der Waals surface area contributed by atoms with Gasteiger partial charge in [0.15, 0.2) is 0 Å². The molecule has 1 aliphatic rings. The number of hydrogen-bond acceptors (Lipinski definition) is 1. The normalized spacial score (nSPS) is 13.8. The van der Waals surface area contributed by atoms with Crippen LogP contribution in [0.2, 0.25) is 0 Å². The van der Waals surface area contributed by atoms with Crippen LogP contribution in [0.25, 0.3) is 0 Å². The third kappa shape index (κ3) is 2.99. The molecule has 0 radical (unpaired) electrons. The molecule has 0 unspecified atom stereocenters. The van der Waals surface area contributed by atoms with Gasteiger partial charge < -0.3 is 10.6 Å². The molecule has 0 heterocycles. The van der Waals surface area contributed by atoms with Crippen LogP contribution in [0.15, 0.2) is 48.5 Å². The molecule has 20 heavy (non-hydrogen) atoms. The van der Waals surface area contributed by atoms with Crippen LogP contribution in [0.5, 0.6) is 0 Å². The lowest BCUT2D eigenvalue weighted by molar-refractivity contribution is 0.262. The summed E-state index contributed by atoms with van der Waals surface area (Å²) in [7, 11) is 0. The van der Waals surface area contributed by atoms with Crippen molar-refractivity contribution >= 4 is 17.4 Å². The second-order valence-electron chi connectivity index (χ2n) is 5.31. The molecule has 1 aliphatic carbocycles. The number of hydrogen-bond donors (Lipinski definition) is 2. The summed E-state index contributed by atoms with van der Waals surface area (Å²) in [6.45, 7) is 2.02. The van der Waals surface area contributed by atoms with Crippen LogP contribution in [0.4, 0.5) is 16.2 Å². The van der Waals surface area contributed by atoms with Gasteiger partial charge >= 0.3 is 6.03 Å². The molecule has 1 fully saturated rings. The van der Waals surface area contributed by atoms with Crippen molar-refractivity contribution in [3.63, 3.8) is 0 Å². The summed E-state index contributed by atoms with van der Waals surface area (Å²) in [6, 6.07) is 15.6. The average molecular weight is 266 g/mol. The summed E-state index contributed by atoms with van der Waals surface area (Å²) < 4.78 is 0. The predicted octanol–water partition coefficient (Wildman–Crippen LogP) is 4.52. The molecule has 0 aliphatic heterocycles. The third-order valence-corrected chi connectivity index (χ3v) is 3.54. The molecule has 0 bridgehead atoms. The molecule has 0 aromatic heterocycles. The number of urea groups is 1. The van der Waals surface area contributed by atoms with E-state index in [0.717, 1.165) is 11.4 Å². The Hall–Kier alpha value is -2.29. The van der Waals surface area contributed by atoms with Crippen LogP contribution >= 0.6 is 0 Å². The first-order chi connectivity index (χ1) is 9.72. The number of benzene rings is 2. The Morgan fingerprint density at radius 3 is 2.40 bits per heavy atom. The number of rotatable bonds is 3. The van der Waals surface area contributed by atoms with E-state index in [1.165, 1.54) is 24.0 Å². The Bertz CT molecular complexity index is 615. The first-order valence-electron chi connectivity index (χ1n) is 6.96. The smallest absolute Gasteiger partial charge is 0.308 e. The topological polar surface area (TPSA) is 41.1 Å². The standard InChI is InChI=1S/C17H18N2O/c1-12-6-10-14(11-7-12)18-17(20)19-16-5-3-2-4-15(16)13-8-9-13/h2-7,10-11,13H,8-9H2,1H3,(H2,18,19,20). The highest BCUT2D eigenvalue weighted by molar-refractivity contribution is 6.00. The lowest BCUT2D eigenvalue weighted by Crippen LogP contribution is -2.20. The van der Waals surface area contributed by atoms with Crippen molar-refractivity contribution in [1.29, 1.82) is 0 Å². The summed E-state index contributed by atoms with van der Waals surface area (Å²) in [6.07, 6.45) is 2.44. The molecule has 102 valence electrons. The zero-order valence-corrected chi connectivity index (χ0v) is 11.5. The summed E-state index contributed by atoms with van der Waals surface area (Å²) >= 11 is 0. The largest absolute Gasteiger partial charge is 0.323 e. The second kappa shape index (κ2) is 5.37. The molecule has 2 N–H and O–H groups in total. The first kappa shape index (κ1) is 12.7. The first-order valence-corrected chi connectivity index (χ1v) is 6.96. The molecule has 3 nitrogen and oxygen atoms in total. The lowest BCUT2D eigenvalue weighted by Gasteiger charge is -2.11. The van der Waals surface area contributed by atoms with Gasteiger partial charge in [-0.15, -0.1) is 0 Å². The van der Waals surface area contributed by atoms with Crippen LogP contribution in [-0.4, -0.2) is 6.03 Å². The highest BCUT2D eigenvalue weighted by atomic mass is 16.2. The Balaban J connectivity index is 1.68. The minimum absolute atomic E-state index is 0.193. The molecular formula is C17H18N2O. The molecule has 0 atom stereocenters. The van der Waals surface area contributed by atoms with E-state index in [0.29, 0.717) is 5.92 Å².